The lowest BCUT2D eigenvalue weighted by Gasteiger charge is -2.33. The van der Waals surface area contributed by atoms with Crippen molar-refractivity contribution >= 4 is 28.0 Å². The number of esters is 2. The van der Waals surface area contributed by atoms with E-state index in [1.165, 1.54) is 7.11 Å². The molecule has 39 heavy (non-hydrogen) atoms. The summed E-state index contributed by atoms with van der Waals surface area (Å²) >= 11 is 0. The molecule has 0 saturated carbocycles. The van der Waals surface area contributed by atoms with Crippen LogP contribution in [0.2, 0.25) is 0 Å². The summed E-state index contributed by atoms with van der Waals surface area (Å²) in [5.41, 5.74) is 0.709. The first-order valence-electron chi connectivity index (χ1n) is 12.1. The number of carbonyl (C=O) groups is 3. The van der Waals surface area contributed by atoms with Crippen molar-refractivity contribution in [3.63, 3.8) is 0 Å². The number of hydrogen-bond donors (Lipinski definition) is 1. The van der Waals surface area contributed by atoms with Crippen LogP contribution in [0.25, 0.3) is 0 Å². The molecule has 0 heterocycles. The lowest BCUT2D eigenvalue weighted by atomic mass is 9.80. The first-order valence-corrected chi connectivity index (χ1v) is 14.0. The van der Waals surface area contributed by atoms with Gasteiger partial charge in [-0.15, -0.1) is 0 Å². The van der Waals surface area contributed by atoms with Gasteiger partial charge in [0.25, 0.3) is 16.0 Å². The summed E-state index contributed by atoms with van der Waals surface area (Å²) in [4.78, 5) is 37.9. The van der Waals surface area contributed by atoms with Gasteiger partial charge in [0.15, 0.2) is 0 Å². The Bertz CT molecular complexity index is 1340. The number of hydrogen-bond acceptors (Lipinski definition) is 8. The Balaban J connectivity index is 2.09. The number of amides is 1. The van der Waals surface area contributed by atoms with Crippen LogP contribution >= 0.6 is 0 Å². The second-order valence-corrected chi connectivity index (χ2v) is 12.3. The lowest BCUT2D eigenvalue weighted by Crippen LogP contribution is -2.51. The minimum Gasteiger partial charge on any atom is -0.467 e. The molecule has 2 rings (SSSR count). The molecular weight excluding hydrogens is 522 g/mol. The number of carbonyl (C=O) groups excluding carboxylic acids is 3. The maximum Gasteiger partial charge on any atom is 0.328 e. The smallest absolute Gasteiger partial charge is 0.328 e. The second-order valence-electron chi connectivity index (χ2n) is 10.7. The average Bonchev–Trinajstić information content (AvgIpc) is 2.83. The fourth-order valence-electron chi connectivity index (χ4n) is 3.47. The summed E-state index contributed by atoms with van der Waals surface area (Å²) in [5.74, 6) is 4.34. The van der Waals surface area contributed by atoms with Crippen molar-refractivity contribution in [2.75, 3.05) is 13.4 Å². The van der Waals surface area contributed by atoms with Gasteiger partial charge in [-0.2, -0.15) is 8.42 Å². The van der Waals surface area contributed by atoms with Crippen LogP contribution in [0.15, 0.2) is 48.5 Å². The molecule has 1 N–H and O–H groups in total. The first-order chi connectivity index (χ1) is 18.0. The van der Waals surface area contributed by atoms with Crippen LogP contribution in [-0.4, -0.2) is 51.3 Å². The third-order valence-corrected chi connectivity index (χ3v) is 5.95. The van der Waals surface area contributed by atoms with Crippen LogP contribution in [-0.2, 0) is 40.0 Å². The van der Waals surface area contributed by atoms with Crippen molar-refractivity contribution in [2.45, 2.75) is 59.3 Å². The van der Waals surface area contributed by atoms with E-state index in [0.29, 0.717) is 22.3 Å². The van der Waals surface area contributed by atoms with Crippen molar-refractivity contribution in [1.82, 2.24) is 5.32 Å². The number of rotatable bonds is 9. The minimum absolute atomic E-state index is 0.0505. The molecule has 0 bridgehead atoms. The van der Waals surface area contributed by atoms with E-state index < -0.39 is 45.0 Å². The molecular formula is C29H35NO8S. The summed E-state index contributed by atoms with van der Waals surface area (Å²) < 4.78 is 37.3. The first kappa shape index (κ1) is 31.5. The summed E-state index contributed by atoms with van der Waals surface area (Å²) in [6, 6.07) is 12.4. The molecule has 0 radical (unpaired) electrons. The standard InChI is InChI=1S/C29H35NO8S/c1-28(2,3)38-24(31)18-29(4,5)25(27(33)36-6)30-26(32)23-16-14-21(15-17-23)9-8-20-10-12-22(13-11-20)19-37-39(7,34)35/h10-17,25H,18-19H2,1-7H3,(H,30,32). The molecule has 210 valence electrons. The van der Waals surface area contributed by atoms with Gasteiger partial charge in [0.2, 0.25) is 0 Å². The fraction of sp³-hybridized carbons (Fsp3) is 0.414. The molecule has 1 unspecified atom stereocenters. The largest absolute Gasteiger partial charge is 0.467 e. The third-order valence-electron chi connectivity index (χ3n) is 5.41. The highest BCUT2D eigenvalue weighted by Gasteiger charge is 2.40. The molecule has 2 aromatic carbocycles. The number of ether oxygens (including phenoxy) is 2. The zero-order chi connectivity index (χ0) is 29.4. The molecule has 0 aliphatic heterocycles. The van der Waals surface area contributed by atoms with Crippen molar-refractivity contribution in [1.29, 1.82) is 0 Å². The van der Waals surface area contributed by atoms with Crippen molar-refractivity contribution in [2.24, 2.45) is 5.41 Å². The summed E-state index contributed by atoms with van der Waals surface area (Å²) in [6.07, 6.45) is 0.886. The van der Waals surface area contributed by atoms with Crippen LogP contribution in [0.3, 0.4) is 0 Å². The number of methoxy groups -OCH3 is 1. The highest BCUT2D eigenvalue weighted by Crippen LogP contribution is 2.28. The predicted molar refractivity (Wildman–Crippen MR) is 146 cm³/mol. The quantitative estimate of drug-likeness (QED) is 0.282. The topological polar surface area (TPSA) is 125 Å². The maximum atomic E-state index is 13.0. The van der Waals surface area contributed by atoms with Crippen LogP contribution in [0.5, 0.6) is 0 Å². The van der Waals surface area contributed by atoms with Gasteiger partial charge in [-0.05, 0) is 62.7 Å². The maximum absolute atomic E-state index is 13.0. The summed E-state index contributed by atoms with van der Waals surface area (Å²) in [5, 5.41) is 2.69. The van der Waals surface area contributed by atoms with Crippen LogP contribution < -0.4 is 5.32 Å². The van der Waals surface area contributed by atoms with Crippen molar-refractivity contribution in [3.05, 3.63) is 70.8 Å². The molecule has 9 nitrogen and oxygen atoms in total. The van der Waals surface area contributed by atoms with Crippen LogP contribution in [0.1, 0.15) is 68.1 Å². The Labute approximate surface area is 230 Å². The highest BCUT2D eigenvalue weighted by molar-refractivity contribution is 7.85. The molecule has 0 aromatic heterocycles. The van der Waals surface area contributed by atoms with Crippen LogP contribution in [0, 0.1) is 17.3 Å². The van der Waals surface area contributed by atoms with Crippen molar-refractivity contribution in [3.8, 4) is 11.8 Å². The van der Waals surface area contributed by atoms with E-state index >= 15 is 0 Å². The van der Waals surface area contributed by atoms with E-state index in [1.54, 1.807) is 83.1 Å². The summed E-state index contributed by atoms with van der Waals surface area (Å²) in [7, 11) is -2.30. The lowest BCUT2D eigenvalue weighted by molar-refractivity contribution is -0.159. The Morgan fingerprint density at radius 1 is 0.897 bits per heavy atom. The van der Waals surface area contributed by atoms with Gasteiger partial charge in [0.1, 0.15) is 11.6 Å². The molecule has 1 atom stereocenters. The van der Waals surface area contributed by atoms with Gasteiger partial charge in [0.05, 0.1) is 26.4 Å². The molecule has 0 aliphatic carbocycles. The molecule has 0 fully saturated rings. The van der Waals surface area contributed by atoms with Crippen molar-refractivity contribution < 1.29 is 36.5 Å². The SMILES string of the molecule is COC(=O)C(NC(=O)c1ccc(C#Cc2ccc(COS(C)(=O)=O)cc2)cc1)C(C)(C)CC(=O)OC(C)(C)C. The second kappa shape index (κ2) is 12.9. The van der Waals surface area contributed by atoms with E-state index in [9.17, 15) is 22.8 Å². The van der Waals surface area contributed by atoms with E-state index in [4.69, 9.17) is 13.7 Å². The van der Waals surface area contributed by atoms with Gasteiger partial charge < -0.3 is 14.8 Å². The minimum atomic E-state index is -3.52. The van der Waals surface area contributed by atoms with Gasteiger partial charge in [-0.25, -0.2) is 4.79 Å². The third kappa shape index (κ3) is 10.9. The molecule has 2 aromatic rings. The molecule has 0 saturated heterocycles. The Hall–Kier alpha value is -3.68. The number of benzene rings is 2. The van der Waals surface area contributed by atoms with Gasteiger partial charge in [-0.1, -0.05) is 37.8 Å². The Morgan fingerprint density at radius 3 is 1.87 bits per heavy atom. The van der Waals surface area contributed by atoms with Gasteiger partial charge in [-0.3, -0.25) is 13.8 Å². The molecule has 0 aliphatic rings. The fourth-order valence-corrected chi connectivity index (χ4v) is 3.82. The van der Waals surface area contributed by atoms with Gasteiger partial charge in [0, 0.05) is 22.1 Å². The number of nitrogens with one attached hydrogen (secondary N) is 1. The summed E-state index contributed by atoms with van der Waals surface area (Å²) in [6.45, 7) is 8.57. The van der Waals surface area contributed by atoms with Crippen LogP contribution in [0.4, 0.5) is 0 Å². The predicted octanol–water partition coefficient (Wildman–Crippen LogP) is 3.59. The zero-order valence-corrected chi connectivity index (χ0v) is 24.1. The monoisotopic (exact) mass is 557 g/mol. The Morgan fingerprint density at radius 2 is 1.41 bits per heavy atom. The van der Waals surface area contributed by atoms with Gasteiger partial charge >= 0.3 is 11.9 Å². The Kier molecular flexibility index (Phi) is 10.4. The van der Waals surface area contributed by atoms with E-state index in [-0.39, 0.29) is 13.0 Å². The van der Waals surface area contributed by atoms with E-state index in [0.717, 1.165) is 6.26 Å². The zero-order valence-electron chi connectivity index (χ0n) is 23.3. The van der Waals surface area contributed by atoms with E-state index in [1.807, 2.05) is 0 Å². The average molecular weight is 558 g/mol. The normalized spacial score (nSPS) is 12.5. The molecule has 1 amide bonds. The highest BCUT2D eigenvalue weighted by atomic mass is 32.2. The molecule has 10 heteroatoms. The van der Waals surface area contributed by atoms with E-state index in [2.05, 4.69) is 17.2 Å². The molecule has 0 spiro atoms.